The molecule has 3 heteroatoms. The Labute approximate surface area is 373 Å². The number of hydrogen-bond donors (Lipinski definition) is 0. The zero-order valence-corrected chi connectivity index (χ0v) is 35.0. The first-order chi connectivity index (χ1) is 31.8. The maximum atomic E-state index is 2.54. The summed E-state index contributed by atoms with van der Waals surface area (Å²) < 4.78 is 2.42. The van der Waals surface area contributed by atoms with Gasteiger partial charge in [0, 0.05) is 44.8 Å². The maximum absolute atomic E-state index is 2.54. The Bertz CT molecular complexity index is 3470. The van der Waals surface area contributed by atoms with E-state index in [2.05, 4.69) is 263 Å². The number of anilines is 6. The first-order valence-corrected chi connectivity index (χ1v) is 22.1. The summed E-state index contributed by atoms with van der Waals surface area (Å²) in [7, 11) is 0. The van der Waals surface area contributed by atoms with Gasteiger partial charge in [0.25, 0.3) is 0 Å². The molecule has 3 nitrogen and oxygen atoms in total. The number of aromatic nitrogens is 1. The Morgan fingerprint density at radius 3 is 1.39 bits per heavy atom. The summed E-state index contributed by atoms with van der Waals surface area (Å²) in [4.78, 5) is 4.97. The molecule has 0 saturated heterocycles. The number of nitrogens with zero attached hydrogens (tertiary/aromatic N) is 3. The fraction of sp³-hybridized carbons (Fsp3) is 0.0164. The van der Waals surface area contributed by atoms with Crippen molar-refractivity contribution in [1.82, 2.24) is 4.57 Å². The molecule has 0 unspecified atom stereocenters. The SMILES string of the molecule is c1ccc(N(c2ccccc2)c2cc(N(c3ccccc3)c3cccc4c3c3ccccc3n4-c3ccccc3)c3c(c2)C2(c4ccccc4-c4ccccc42)c2ccccc2-3)cc1. The molecule has 1 heterocycles. The van der Waals surface area contributed by atoms with Crippen molar-refractivity contribution in [3.8, 4) is 27.9 Å². The molecule has 0 N–H and O–H groups in total. The van der Waals surface area contributed by atoms with Gasteiger partial charge in [0.15, 0.2) is 0 Å². The summed E-state index contributed by atoms with van der Waals surface area (Å²) in [5, 5.41) is 2.40. The van der Waals surface area contributed by atoms with E-state index in [0.717, 1.165) is 45.3 Å². The van der Waals surface area contributed by atoms with Gasteiger partial charge in [-0.3, -0.25) is 0 Å². The molecular formula is C61H41N3. The summed E-state index contributed by atoms with van der Waals surface area (Å²) in [6.45, 7) is 0. The van der Waals surface area contributed by atoms with Crippen molar-refractivity contribution in [3.05, 3.63) is 271 Å². The third kappa shape index (κ3) is 5.16. The molecule has 10 aromatic carbocycles. The van der Waals surface area contributed by atoms with E-state index in [1.807, 2.05) is 0 Å². The molecule has 0 fully saturated rings. The zero-order valence-electron chi connectivity index (χ0n) is 35.0. The van der Waals surface area contributed by atoms with Gasteiger partial charge in [0.1, 0.15) is 0 Å². The van der Waals surface area contributed by atoms with Gasteiger partial charge in [-0.25, -0.2) is 0 Å². The predicted molar refractivity (Wildman–Crippen MR) is 266 cm³/mol. The van der Waals surface area contributed by atoms with Crippen molar-refractivity contribution in [2.45, 2.75) is 5.41 Å². The molecule has 1 spiro atoms. The van der Waals surface area contributed by atoms with Crippen LogP contribution in [0.25, 0.3) is 49.7 Å². The van der Waals surface area contributed by atoms with Crippen molar-refractivity contribution in [2.75, 3.05) is 9.80 Å². The minimum atomic E-state index is -0.569. The average molecular weight is 816 g/mol. The summed E-state index contributed by atoms with van der Waals surface area (Å²) in [6, 6.07) is 91.4. The van der Waals surface area contributed by atoms with E-state index < -0.39 is 5.41 Å². The van der Waals surface area contributed by atoms with Crippen molar-refractivity contribution < 1.29 is 0 Å². The van der Waals surface area contributed by atoms with Crippen molar-refractivity contribution >= 4 is 55.9 Å². The van der Waals surface area contributed by atoms with Crippen molar-refractivity contribution in [2.24, 2.45) is 0 Å². The Balaban J connectivity index is 1.21. The molecule has 0 radical (unpaired) electrons. The highest BCUT2D eigenvalue weighted by Crippen LogP contribution is 2.66. The van der Waals surface area contributed by atoms with Gasteiger partial charge in [0.05, 0.1) is 27.8 Å². The molecule has 13 rings (SSSR count). The maximum Gasteiger partial charge on any atom is 0.0727 e. The lowest BCUT2D eigenvalue weighted by Gasteiger charge is -2.34. The number of para-hydroxylation sites is 5. The minimum absolute atomic E-state index is 0.569. The second kappa shape index (κ2) is 14.3. The molecule has 0 aliphatic heterocycles. The fourth-order valence-corrected chi connectivity index (χ4v) is 11.1. The lowest BCUT2D eigenvalue weighted by atomic mass is 9.70. The van der Waals surface area contributed by atoms with Crippen LogP contribution in [0.3, 0.4) is 0 Å². The topological polar surface area (TPSA) is 11.4 Å². The van der Waals surface area contributed by atoms with E-state index in [1.54, 1.807) is 0 Å². The van der Waals surface area contributed by atoms with Gasteiger partial charge < -0.3 is 14.4 Å². The van der Waals surface area contributed by atoms with Gasteiger partial charge in [-0.15, -0.1) is 0 Å². The van der Waals surface area contributed by atoms with Crippen LogP contribution in [0.15, 0.2) is 249 Å². The largest absolute Gasteiger partial charge is 0.310 e. The highest BCUT2D eigenvalue weighted by Gasteiger charge is 2.53. The predicted octanol–water partition coefficient (Wildman–Crippen LogP) is 16.1. The molecule has 2 aliphatic carbocycles. The van der Waals surface area contributed by atoms with Crippen LogP contribution < -0.4 is 9.80 Å². The lowest BCUT2D eigenvalue weighted by molar-refractivity contribution is 0.793. The second-order valence-electron chi connectivity index (χ2n) is 16.8. The van der Waals surface area contributed by atoms with Crippen LogP contribution >= 0.6 is 0 Å². The summed E-state index contributed by atoms with van der Waals surface area (Å²) in [5.41, 5.74) is 19.7. The Hall–Kier alpha value is -8.40. The van der Waals surface area contributed by atoms with E-state index in [9.17, 15) is 0 Å². The Kier molecular flexibility index (Phi) is 8.13. The van der Waals surface area contributed by atoms with Crippen LogP contribution in [-0.4, -0.2) is 4.57 Å². The fourth-order valence-electron chi connectivity index (χ4n) is 11.1. The summed E-state index contributed by atoms with van der Waals surface area (Å²) in [5.74, 6) is 0. The zero-order chi connectivity index (χ0) is 42.2. The summed E-state index contributed by atoms with van der Waals surface area (Å²) in [6.07, 6.45) is 0. The van der Waals surface area contributed by atoms with Crippen LogP contribution in [0, 0.1) is 0 Å². The highest BCUT2D eigenvalue weighted by atomic mass is 15.2. The van der Waals surface area contributed by atoms with E-state index in [4.69, 9.17) is 0 Å². The molecular weight excluding hydrogens is 775 g/mol. The van der Waals surface area contributed by atoms with Crippen LogP contribution in [-0.2, 0) is 5.41 Å². The summed E-state index contributed by atoms with van der Waals surface area (Å²) >= 11 is 0. The molecule has 2 aliphatic rings. The quantitative estimate of drug-likeness (QED) is 0.159. The number of rotatable bonds is 7. The highest BCUT2D eigenvalue weighted by molar-refractivity contribution is 6.17. The van der Waals surface area contributed by atoms with Crippen LogP contribution in [0.2, 0.25) is 0 Å². The molecule has 0 amide bonds. The first-order valence-electron chi connectivity index (χ1n) is 22.1. The first kappa shape index (κ1) is 36.3. The third-order valence-electron chi connectivity index (χ3n) is 13.5. The number of fused-ring (bicyclic) bond motifs is 13. The van der Waals surface area contributed by atoms with Crippen LogP contribution in [0.4, 0.5) is 34.1 Å². The smallest absolute Gasteiger partial charge is 0.0727 e. The molecule has 11 aromatic rings. The van der Waals surface area contributed by atoms with E-state index in [1.165, 1.54) is 60.8 Å². The normalized spacial score (nSPS) is 12.8. The molecule has 0 saturated carbocycles. The van der Waals surface area contributed by atoms with Gasteiger partial charge in [-0.1, -0.05) is 170 Å². The van der Waals surface area contributed by atoms with Crippen LogP contribution in [0.5, 0.6) is 0 Å². The van der Waals surface area contributed by atoms with Gasteiger partial charge in [0.2, 0.25) is 0 Å². The Morgan fingerprint density at radius 2 is 0.781 bits per heavy atom. The number of benzene rings is 10. The van der Waals surface area contributed by atoms with E-state index in [-0.39, 0.29) is 0 Å². The van der Waals surface area contributed by atoms with Gasteiger partial charge >= 0.3 is 0 Å². The molecule has 300 valence electrons. The van der Waals surface area contributed by atoms with E-state index in [0.29, 0.717) is 0 Å². The van der Waals surface area contributed by atoms with Crippen LogP contribution in [0.1, 0.15) is 22.3 Å². The van der Waals surface area contributed by atoms with Gasteiger partial charge in [-0.2, -0.15) is 0 Å². The third-order valence-corrected chi connectivity index (χ3v) is 13.5. The van der Waals surface area contributed by atoms with E-state index >= 15 is 0 Å². The second-order valence-corrected chi connectivity index (χ2v) is 16.8. The van der Waals surface area contributed by atoms with Gasteiger partial charge in [-0.05, 0) is 118 Å². The Morgan fingerprint density at radius 1 is 0.312 bits per heavy atom. The van der Waals surface area contributed by atoms with Crippen molar-refractivity contribution in [1.29, 1.82) is 0 Å². The molecule has 0 atom stereocenters. The van der Waals surface area contributed by atoms with Crippen molar-refractivity contribution in [3.63, 3.8) is 0 Å². The molecule has 0 bridgehead atoms. The monoisotopic (exact) mass is 815 g/mol. The lowest BCUT2D eigenvalue weighted by Crippen LogP contribution is -2.26. The number of hydrogen-bond acceptors (Lipinski definition) is 2. The average Bonchev–Trinajstić information content (AvgIpc) is 3.98. The molecule has 64 heavy (non-hydrogen) atoms. The standard InChI is InChI=1S/C61H41N3/c1-5-22-42(23-6-1)62(43-24-7-2-8-25-43)46-40-54-59(49-32-15-19-36-53(49)61(54)51-34-17-13-30-47(51)48-31-14-18-35-52(48)61)58(41-46)64(45-28-11-4-12-29-45)57-39-21-38-56-60(57)50-33-16-20-37-55(50)63(56)44-26-9-3-10-27-44/h1-41H. The minimum Gasteiger partial charge on any atom is -0.310 e. The molecule has 1 aromatic heterocycles.